The molecule has 0 atom stereocenters. The number of anilines is 1. The van der Waals surface area contributed by atoms with Crippen molar-refractivity contribution in [3.8, 4) is 0 Å². The molecular formula is C19H33N5. The Labute approximate surface area is 146 Å². The molecule has 0 spiro atoms. The van der Waals surface area contributed by atoms with E-state index in [9.17, 15) is 0 Å². The predicted molar refractivity (Wildman–Crippen MR) is 104 cm³/mol. The summed E-state index contributed by atoms with van der Waals surface area (Å²) in [6, 6.07) is 6.43. The smallest absolute Gasteiger partial charge is 0.193 e. The number of aryl methyl sites for hydroxylation is 2. The molecule has 24 heavy (non-hydrogen) atoms. The summed E-state index contributed by atoms with van der Waals surface area (Å²) in [5.41, 5.74) is 9.86. The van der Waals surface area contributed by atoms with Crippen LogP contribution in [0.1, 0.15) is 31.4 Å². The summed E-state index contributed by atoms with van der Waals surface area (Å²) in [5, 5.41) is 3.34. The minimum absolute atomic E-state index is 0.525. The van der Waals surface area contributed by atoms with Crippen LogP contribution in [-0.2, 0) is 12.8 Å². The van der Waals surface area contributed by atoms with Crippen molar-refractivity contribution in [3.05, 3.63) is 29.3 Å². The van der Waals surface area contributed by atoms with Crippen molar-refractivity contribution in [3.63, 3.8) is 0 Å². The number of guanidine groups is 1. The summed E-state index contributed by atoms with van der Waals surface area (Å²) >= 11 is 0. The molecule has 0 saturated carbocycles. The maximum atomic E-state index is 6.13. The number of rotatable bonds is 6. The third kappa shape index (κ3) is 5.49. The van der Waals surface area contributed by atoms with Gasteiger partial charge in [-0.05, 0) is 50.5 Å². The molecule has 0 radical (unpaired) electrons. The number of hydrogen-bond acceptors (Lipinski definition) is 3. The first-order valence-electron chi connectivity index (χ1n) is 9.22. The highest BCUT2D eigenvalue weighted by Gasteiger charge is 2.11. The van der Waals surface area contributed by atoms with Gasteiger partial charge >= 0.3 is 0 Å². The molecule has 1 aliphatic rings. The summed E-state index contributed by atoms with van der Waals surface area (Å²) in [7, 11) is 2.19. The molecule has 1 saturated heterocycles. The molecule has 1 fully saturated rings. The van der Waals surface area contributed by atoms with Crippen molar-refractivity contribution in [2.75, 3.05) is 51.6 Å². The average Bonchev–Trinajstić information content (AvgIpc) is 2.79. The van der Waals surface area contributed by atoms with Gasteiger partial charge in [-0.3, -0.25) is 4.99 Å². The predicted octanol–water partition coefficient (Wildman–Crippen LogP) is 2.18. The fourth-order valence-corrected chi connectivity index (χ4v) is 3.21. The lowest BCUT2D eigenvalue weighted by molar-refractivity contribution is 0.283. The van der Waals surface area contributed by atoms with Crippen LogP contribution in [0.15, 0.2) is 23.2 Å². The second-order valence-electron chi connectivity index (χ2n) is 6.55. The van der Waals surface area contributed by atoms with E-state index >= 15 is 0 Å². The van der Waals surface area contributed by atoms with E-state index < -0.39 is 0 Å². The number of nitrogens with zero attached hydrogens (tertiary/aromatic N) is 3. The second kappa shape index (κ2) is 9.64. The van der Waals surface area contributed by atoms with Crippen LogP contribution in [0.3, 0.4) is 0 Å². The molecule has 1 heterocycles. The minimum Gasteiger partial charge on any atom is -0.370 e. The third-order valence-corrected chi connectivity index (χ3v) is 4.76. The van der Waals surface area contributed by atoms with Crippen molar-refractivity contribution >= 4 is 11.6 Å². The first-order chi connectivity index (χ1) is 11.6. The van der Waals surface area contributed by atoms with Gasteiger partial charge in [0.1, 0.15) is 0 Å². The summed E-state index contributed by atoms with van der Waals surface area (Å²) in [6.45, 7) is 10.7. The highest BCUT2D eigenvalue weighted by Crippen LogP contribution is 2.22. The lowest BCUT2D eigenvalue weighted by Crippen LogP contribution is -2.32. The molecule has 0 aliphatic carbocycles. The zero-order chi connectivity index (χ0) is 17.4. The molecule has 0 aromatic heterocycles. The standard InChI is InChI=1S/C19H33N5/c1-4-16-8-6-9-17(5-2)18(16)22-19(20)21-10-13-24-12-7-11-23(3)14-15-24/h6,8-9H,4-5,7,10-15H2,1-3H3,(H3,20,21,22). The zero-order valence-electron chi connectivity index (χ0n) is 15.5. The fraction of sp³-hybridized carbons (Fsp3) is 0.632. The number of para-hydroxylation sites is 1. The van der Waals surface area contributed by atoms with Crippen molar-refractivity contribution < 1.29 is 0 Å². The Morgan fingerprint density at radius 2 is 1.83 bits per heavy atom. The monoisotopic (exact) mass is 331 g/mol. The highest BCUT2D eigenvalue weighted by molar-refractivity contribution is 5.93. The Morgan fingerprint density at radius 3 is 2.50 bits per heavy atom. The van der Waals surface area contributed by atoms with Crippen LogP contribution in [-0.4, -0.2) is 62.1 Å². The molecule has 1 aliphatic heterocycles. The number of nitrogens with one attached hydrogen (secondary N) is 1. The third-order valence-electron chi connectivity index (χ3n) is 4.76. The van der Waals surface area contributed by atoms with Crippen molar-refractivity contribution in [1.29, 1.82) is 0 Å². The van der Waals surface area contributed by atoms with Gasteiger partial charge in [0.2, 0.25) is 0 Å². The van der Waals surface area contributed by atoms with E-state index in [0.29, 0.717) is 5.96 Å². The van der Waals surface area contributed by atoms with Gasteiger partial charge in [0.05, 0.1) is 6.54 Å². The molecule has 0 unspecified atom stereocenters. The SMILES string of the molecule is CCc1cccc(CC)c1NC(N)=NCCN1CCCN(C)CC1. The topological polar surface area (TPSA) is 56.9 Å². The number of likely N-dealkylation sites (N-methyl/N-ethyl adjacent to an activating group) is 1. The number of benzene rings is 1. The molecule has 0 bridgehead atoms. The summed E-state index contributed by atoms with van der Waals surface area (Å²) in [4.78, 5) is 9.42. The second-order valence-corrected chi connectivity index (χ2v) is 6.55. The van der Waals surface area contributed by atoms with Crippen LogP contribution in [0.2, 0.25) is 0 Å². The van der Waals surface area contributed by atoms with E-state index in [0.717, 1.165) is 51.3 Å². The normalized spacial score (nSPS) is 17.7. The zero-order valence-corrected chi connectivity index (χ0v) is 15.5. The number of aliphatic imine (C=N–C) groups is 1. The van der Waals surface area contributed by atoms with E-state index in [4.69, 9.17) is 5.73 Å². The molecule has 5 heteroatoms. The highest BCUT2D eigenvalue weighted by atomic mass is 15.2. The molecule has 2 rings (SSSR count). The van der Waals surface area contributed by atoms with Gasteiger partial charge in [-0.15, -0.1) is 0 Å². The van der Waals surface area contributed by atoms with Crippen molar-refractivity contribution in [2.24, 2.45) is 10.7 Å². The van der Waals surface area contributed by atoms with Crippen LogP contribution < -0.4 is 11.1 Å². The molecule has 0 amide bonds. The fourth-order valence-electron chi connectivity index (χ4n) is 3.21. The van der Waals surface area contributed by atoms with E-state index in [1.165, 1.54) is 24.1 Å². The van der Waals surface area contributed by atoms with Gasteiger partial charge < -0.3 is 20.9 Å². The first kappa shape index (κ1) is 18.7. The van der Waals surface area contributed by atoms with E-state index in [1.807, 2.05) is 0 Å². The maximum absolute atomic E-state index is 6.13. The van der Waals surface area contributed by atoms with Gasteiger partial charge in [0.15, 0.2) is 5.96 Å². The molecule has 3 N–H and O–H groups in total. The quantitative estimate of drug-likeness (QED) is 0.620. The van der Waals surface area contributed by atoms with E-state index in [1.54, 1.807) is 0 Å². The van der Waals surface area contributed by atoms with E-state index in [-0.39, 0.29) is 0 Å². The molecule has 1 aromatic rings. The summed E-state index contributed by atoms with van der Waals surface area (Å²) in [6.07, 6.45) is 3.22. The largest absolute Gasteiger partial charge is 0.370 e. The Bertz CT molecular complexity index is 518. The maximum Gasteiger partial charge on any atom is 0.193 e. The van der Waals surface area contributed by atoms with Crippen LogP contribution in [0, 0.1) is 0 Å². The molecule has 5 nitrogen and oxygen atoms in total. The Morgan fingerprint density at radius 1 is 1.12 bits per heavy atom. The minimum atomic E-state index is 0.525. The van der Waals surface area contributed by atoms with Gasteiger partial charge in [-0.25, -0.2) is 0 Å². The number of nitrogens with two attached hydrogens (primary N) is 1. The van der Waals surface area contributed by atoms with E-state index in [2.05, 4.69) is 59.2 Å². The molecule has 134 valence electrons. The number of hydrogen-bond donors (Lipinski definition) is 2. The van der Waals surface area contributed by atoms with Gasteiger partial charge in [-0.1, -0.05) is 32.0 Å². The van der Waals surface area contributed by atoms with Gasteiger partial charge in [0, 0.05) is 25.3 Å². The van der Waals surface area contributed by atoms with Gasteiger partial charge in [0.25, 0.3) is 0 Å². The summed E-state index contributed by atoms with van der Waals surface area (Å²) < 4.78 is 0. The van der Waals surface area contributed by atoms with Crippen LogP contribution >= 0.6 is 0 Å². The first-order valence-corrected chi connectivity index (χ1v) is 9.22. The Hall–Kier alpha value is -1.59. The van der Waals surface area contributed by atoms with Crippen LogP contribution in [0.5, 0.6) is 0 Å². The lowest BCUT2D eigenvalue weighted by atomic mass is 10.0. The summed E-state index contributed by atoms with van der Waals surface area (Å²) in [5.74, 6) is 0.525. The van der Waals surface area contributed by atoms with Crippen LogP contribution in [0.4, 0.5) is 5.69 Å². The van der Waals surface area contributed by atoms with Crippen molar-refractivity contribution in [1.82, 2.24) is 9.80 Å². The lowest BCUT2D eigenvalue weighted by Gasteiger charge is -2.19. The van der Waals surface area contributed by atoms with Gasteiger partial charge in [-0.2, -0.15) is 0 Å². The Kier molecular flexibility index (Phi) is 7.53. The van der Waals surface area contributed by atoms with Crippen LogP contribution in [0.25, 0.3) is 0 Å². The molecular weight excluding hydrogens is 298 g/mol. The Balaban J connectivity index is 1.90. The average molecular weight is 332 g/mol. The molecule has 1 aromatic carbocycles. The van der Waals surface area contributed by atoms with Crippen molar-refractivity contribution in [2.45, 2.75) is 33.1 Å².